The summed E-state index contributed by atoms with van der Waals surface area (Å²) in [5.41, 5.74) is 3.93. The molecule has 0 saturated carbocycles. The highest BCUT2D eigenvalue weighted by Gasteiger charge is 2.21. The number of para-hydroxylation sites is 2. The van der Waals surface area contributed by atoms with Crippen molar-refractivity contribution in [1.29, 1.82) is 0 Å². The number of nitrogens with zero attached hydrogens (tertiary/aromatic N) is 3. The van der Waals surface area contributed by atoms with Crippen molar-refractivity contribution in [3.8, 4) is 0 Å². The van der Waals surface area contributed by atoms with Gasteiger partial charge in [0.1, 0.15) is 5.82 Å². The van der Waals surface area contributed by atoms with Crippen molar-refractivity contribution in [2.45, 2.75) is 26.4 Å². The number of hydrogen-bond acceptors (Lipinski definition) is 3. The molecule has 0 unspecified atom stereocenters. The molecule has 0 aliphatic heterocycles. The van der Waals surface area contributed by atoms with Crippen molar-refractivity contribution in [3.05, 3.63) is 59.1 Å². The summed E-state index contributed by atoms with van der Waals surface area (Å²) in [5, 5.41) is 0.313. The molecule has 1 amide bonds. The lowest BCUT2D eigenvalue weighted by atomic mass is 10.1. The van der Waals surface area contributed by atoms with E-state index in [2.05, 4.69) is 19.9 Å². The summed E-state index contributed by atoms with van der Waals surface area (Å²) >= 11 is 5.90. The molecule has 2 heterocycles. The van der Waals surface area contributed by atoms with Gasteiger partial charge in [0.2, 0.25) is 5.28 Å². The SMILES string of the molecule is CC(C)N(Cc1nc2ccccc2[nH]1)C(=O)c1ccc2nc(Cl)[nH]c2c1. The first-order chi connectivity index (χ1) is 12.5. The van der Waals surface area contributed by atoms with Gasteiger partial charge < -0.3 is 14.9 Å². The lowest BCUT2D eigenvalue weighted by molar-refractivity contribution is 0.0686. The van der Waals surface area contributed by atoms with Gasteiger partial charge in [0.25, 0.3) is 5.91 Å². The van der Waals surface area contributed by atoms with Crippen LogP contribution in [0.2, 0.25) is 5.28 Å². The normalized spacial score (nSPS) is 11.5. The third-order valence-corrected chi connectivity index (χ3v) is 4.52. The Hall–Kier alpha value is -2.86. The van der Waals surface area contributed by atoms with Gasteiger partial charge in [-0.05, 0) is 55.8 Å². The van der Waals surface area contributed by atoms with Gasteiger partial charge in [-0.15, -0.1) is 0 Å². The molecule has 0 spiro atoms. The molecule has 4 rings (SSSR count). The zero-order valence-electron chi connectivity index (χ0n) is 14.5. The van der Waals surface area contributed by atoms with Crippen LogP contribution < -0.4 is 0 Å². The molecule has 7 heteroatoms. The minimum atomic E-state index is -0.0620. The Morgan fingerprint density at radius 3 is 2.62 bits per heavy atom. The van der Waals surface area contributed by atoms with Crippen LogP contribution in [0.1, 0.15) is 30.0 Å². The average molecular weight is 368 g/mol. The maximum Gasteiger partial charge on any atom is 0.254 e. The van der Waals surface area contributed by atoms with E-state index in [1.165, 1.54) is 0 Å². The molecule has 2 aromatic carbocycles. The number of benzene rings is 2. The molecule has 6 nitrogen and oxygen atoms in total. The Morgan fingerprint density at radius 1 is 1.08 bits per heavy atom. The van der Waals surface area contributed by atoms with E-state index in [-0.39, 0.29) is 11.9 Å². The fraction of sp³-hybridized carbons (Fsp3) is 0.211. The van der Waals surface area contributed by atoms with E-state index >= 15 is 0 Å². The number of carbonyl (C=O) groups excluding carboxylic acids is 1. The Morgan fingerprint density at radius 2 is 1.85 bits per heavy atom. The van der Waals surface area contributed by atoms with Crippen LogP contribution in [0.15, 0.2) is 42.5 Å². The van der Waals surface area contributed by atoms with E-state index in [1.807, 2.05) is 38.1 Å². The van der Waals surface area contributed by atoms with Gasteiger partial charge in [-0.1, -0.05) is 12.1 Å². The molecule has 0 fully saturated rings. The molecule has 0 aliphatic rings. The largest absolute Gasteiger partial charge is 0.340 e. The predicted molar refractivity (Wildman–Crippen MR) is 102 cm³/mol. The van der Waals surface area contributed by atoms with Crippen molar-refractivity contribution in [3.63, 3.8) is 0 Å². The summed E-state index contributed by atoms with van der Waals surface area (Å²) in [7, 11) is 0. The van der Waals surface area contributed by atoms with E-state index in [0.717, 1.165) is 27.9 Å². The van der Waals surface area contributed by atoms with Gasteiger partial charge in [-0.25, -0.2) is 9.97 Å². The molecular formula is C19H18ClN5O. The van der Waals surface area contributed by atoms with Crippen molar-refractivity contribution >= 4 is 39.6 Å². The Kier molecular flexibility index (Phi) is 4.12. The van der Waals surface area contributed by atoms with E-state index in [9.17, 15) is 4.79 Å². The third kappa shape index (κ3) is 3.04. The highest BCUT2D eigenvalue weighted by atomic mass is 35.5. The number of H-pyrrole nitrogens is 2. The van der Waals surface area contributed by atoms with Crippen LogP contribution in [0.5, 0.6) is 0 Å². The van der Waals surface area contributed by atoms with Crippen molar-refractivity contribution in [2.75, 3.05) is 0 Å². The zero-order chi connectivity index (χ0) is 18.3. The summed E-state index contributed by atoms with van der Waals surface area (Å²) in [5.74, 6) is 0.701. The highest BCUT2D eigenvalue weighted by molar-refractivity contribution is 6.29. The fourth-order valence-electron chi connectivity index (χ4n) is 3.01. The van der Waals surface area contributed by atoms with Crippen LogP contribution in [0.4, 0.5) is 0 Å². The van der Waals surface area contributed by atoms with Crippen LogP contribution in [0.25, 0.3) is 22.1 Å². The molecule has 2 aromatic heterocycles. The van der Waals surface area contributed by atoms with E-state index in [0.29, 0.717) is 17.4 Å². The first kappa shape index (κ1) is 16.6. The fourth-order valence-corrected chi connectivity index (χ4v) is 3.20. The number of imidazole rings is 2. The van der Waals surface area contributed by atoms with E-state index in [1.54, 1.807) is 23.1 Å². The highest BCUT2D eigenvalue weighted by Crippen LogP contribution is 2.19. The maximum absolute atomic E-state index is 13.1. The number of nitrogens with one attached hydrogen (secondary N) is 2. The molecule has 132 valence electrons. The standard InChI is InChI=1S/C19H18ClN5O/c1-11(2)25(10-17-21-13-5-3-4-6-14(13)22-17)18(26)12-7-8-15-16(9-12)24-19(20)23-15/h3-9,11H,10H2,1-2H3,(H,21,22)(H,23,24). The lowest BCUT2D eigenvalue weighted by Gasteiger charge is -2.26. The van der Waals surface area contributed by atoms with Gasteiger partial charge in [-0.2, -0.15) is 0 Å². The van der Waals surface area contributed by atoms with E-state index < -0.39 is 0 Å². The molecule has 26 heavy (non-hydrogen) atoms. The first-order valence-electron chi connectivity index (χ1n) is 8.41. The summed E-state index contributed by atoms with van der Waals surface area (Å²) in [4.78, 5) is 29.8. The smallest absolute Gasteiger partial charge is 0.254 e. The summed E-state index contributed by atoms with van der Waals surface area (Å²) in [6.45, 7) is 4.39. The summed E-state index contributed by atoms with van der Waals surface area (Å²) < 4.78 is 0. The van der Waals surface area contributed by atoms with Crippen LogP contribution in [0.3, 0.4) is 0 Å². The van der Waals surface area contributed by atoms with Crippen LogP contribution >= 0.6 is 11.6 Å². The zero-order valence-corrected chi connectivity index (χ0v) is 15.2. The molecule has 0 radical (unpaired) electrons. The Labute approximate surface area is 155 Å². The lowest BCUT2D eigenvalue weighted by Crippen LogP contribution is -2.36. The molecule has 0 saturated heterocycles. The topological polar surface area (TPSA) is 77.7 Å². The van der Waals surface area contributed by atoms with Gasteiger partial charge >= 0.3 is 0 Å². The van der Waals surface area contributed by atoms with Crippen LogP contribution in [0, 0.1) is 0 Å². The predicted octanol–water partition coefficient (Wildman–Crippen LogP) is 4.14. The van der Waals surface area contributed by atoms with Crippen molar-refractivity contribution in [2.24, 2.45) is 0 Å². The number of hydrogen-bond donors (Lipinski definition) is 2. The van der Waals surface area contributed by atoms with Crippen LogP contribution in [-0.2, 0) is 6.54 Å². The molecule has 4 aromatic rings. The minimum absolute atomic E-state index is 0.0248. The maximum atomic E-state index is 13.1. The van der Waals surface area contributed by atoms with Gasteiger partial charge in [-0.3, -0.25) is 4.79 Å². The molecule has 0 atom stereocenters. The summed E-state index contributed by atoms with van der Waals surface area (Å²) in [6, 6.07) is 13.2. The Balaban J connectivity index is 1.64. The summed E-state index contributed by atoms with van der Waals surface area (Å²) in [6.07, 6.45) is 0. The van der Waals surface area contributed by atoms with E-state index in [4.69, 9.17) is 11.6 Å². The number of rotatable bonds is 4. The van der Waals surface area contributed by atoms with Crippen molar-refractivity contribution in [1.82, 2.24) is 24.8 Å². The number of halogens is 1. The molecule has 2 N–H and O–H groups in total. The second-order valence-electron chi connectivity index (χ2n) is 6.49. The second kappa shape index (κ2) is 6.46. The number of aromatic nitrogens is 4. The molecular weight excluding hydrogens is 350 g/mol. The number of fused-ring (bicyclic) bond motifs is 2. The first-order valence-corrected chi connectivity index (χ1v) is 8.79. The van der Waals surface area contributed by atoms with Crippen molar-refractivity contribution < 1.29 is 4.79 Å². The van der Waals surface area contributed by atoms with Gasteiger partial charge in [0.05, 0.1) is 28.6 Å². The number of aromatic amines is 2. The second-order valence-corrected chi connectivity index (χ2v) is 6.85. The average Bonchev–Trinajstić information content (AvgIpc) is 3.19. The minimum Gasteiger partial charge on any atom is -0.340 e. The molecule has 0 aliphatic carbocycles. The van der Waals surface area contributed by atoms with Crippen LogP contribution in [-0.4, -0.2) is 36.8 Å². The monoisotopic (exact) mass is 367 g/mol. The Bertz CT molecular complexity index is 1060. The van der Waals surface area contributed by atoms with Gasteiger partial charge in [0.15, 0.2) is 0 Å². The quantitative estimate of drug-likeness (QED) is 0.569. The van der Waals surface area contributed by atoms with Gasteiger partial charge in [0, 0.05) is 11.6 Å². The third-order valence-electron chi connectivity index (χ3n) is 4.34. The molecule has 0 bridgehead atoms. The number of amides is 1. The number of carbonyl (C=O) groups is 1.